The first-order chi connectivity index (χ1) is 8.22. The second-order valence-electron chi connectivity index (χ2n) is 5.19. The molecule has 17 heavy (non-hydrogen) atoms. The van der Waals surface area contributed by atoms with E-state index < -0.39 is 0 Å². The molecule has 2 unspecified atom stereocenters. The molecule has 1 amide bonds. The van der Waals surface area contributed by atoms with Crippen LogP contribution in [0.15, 0.2) is 0 Å². The van der Waals surface area contributed by atoms with Crippen LogP contribution in [-0.2, 0) is 4.79 Å². The summed E-state index contributed by atoms with van der Waals surface area (Å²) in [7, 11) is 2.12. The highest BCUT2D eigenvalue weighted by atomic mass is 16.2. The van der Waals surface area contributed by atoms with E-state index in [1.54, 1.807) is 0 Å². The zero-order valence-corrected chi connectivity index (χ0v) is 10.7. The SMILES string of the molecule is CN1CCN(C2CCCCNC2=O)C(CN)C1. The lowest BCUT2D eigenvalue weighted by Crippen LogP contribution is -2.60. The first-order valence-electron chi connectivity index (χ1n) is 6.64. The van der Waals surface area contributed by atoms with Crippen molar-refractivity contribution in [3.05, 3.63) is 0 Å². The van der Waals surface area contributed by atoms with E-state index in [9.17, 15) is 4.79 Å². The molecule has 0 aromatic rings. The van der Waals surface area contributed by atoms with Gasteiger partial charge < -0.3 is 16.0 Å². The van der Waals surface area contributed by atoms with Crippen molar-refractivity contribution in [2.24, 2.45) is 5.73 Å². The summed E-state index contributed by atoms with van der Waals surface area (Å²) >= 11 is 0. The summed E-state index contributed by atoms with van der Waals surface area (Å²) in [4.78, 5) is 16.7. The summed E-state index contributed by atoms with van der Waals surface area (Å²) in [5, 5.41) is 3.01. The average molecular weight is 240 g/mol. The number of hydrogen-bond acceptors (Lipinski definition) is 4. The molecule has 0 spiro atoms. The van der Waals surface area contributed by atoms with E-state index in [1.807, 2.05) is 0 Å². The van der Waals surface area contributed by atoms with Crippen molar-refractivity contribution in [1.29, 1.82) is 0 Å². The number of piperazine rings is 1. The van der Waals surface area contributed by atoms with Gasteiger partial charge in [0.1, 0.15) is 0 Å². The van der Waals surface area contributed by atoms with Gasteiger partial charge in [0.15, 0.2) is 0 Å². The average Bonchev–Trinajstić information content (AvgIpc) is 2.54. The molecule has 2 saturated heterocycles. The van der Waals surface area contributed by atoms with E-state index in [0.717, 1.165) is 45.4 Å². The first-order valence-corrected chi connectivity index (χ1v) is 6.64. The number of likely N-dealkylation sites (N-methyl/N-ethyl adjacent to an activating group) is 1. The highest BCUT2D eigenvalue weighted by Gasteiger charge is 2.34. The molecule has 5 heteroatoms. The molecule has 2 heterocycles. The van der Waals surface area contributed by atoms with E-state index in [0.29, 0.717) is 12.6 Å². The maximum absolute atomic E-state index is 12.0. The lowest BCUT2D eigenvalue weighted by atomic mass is 10.0. The van der Waals surface area contributed by atoms with Gasteiger partial charge in [-0.15, -0.1) is 0 Å². The Morgan fingerprint density at radius 2 is 2.24 bits per heavy atom. The number of amides is 1. The summed E-state index contributed by atoms with van der Waals surface area (Å²) in [6, 6.07) is 0.363. The van der Waals surface area contributed by atoms with E-state index in [-0.39, 0.29) is 11.9 Å². The van der Waals surface area contributed by atoms with Crippen LogP contribution in [0.5, 0.6) is 0 Å². The summed E-state index contributed by atoms with van der Waals surface area (Å²) < 4.78 is 0. The fourth-order valence-electron chi connectivity index (χ4n) is 2.88. The molecule has 2 aliphatic heterocycles. The van der Waals surface area contributed by atoms with Crippen molar-refractivity contribution in [1.82, 2.24) is 15.1 Å². The molecule has 2 fully saturated rings. The number of hydrogen-bond donors (Lipinski definition) is 2. The monoisotopic (exact) mass is 240 g/mol. The van der Waals surface area contributed by atoms with Crippen LogP contribution < -0.4 is 11.1 Å². The Morgan fingerprint density at radius 1 is 1.41 bits per heavy atom. The van der Waals surface area contributed by atoms with Crippen molar-refractivity contribution in [3.63, 3.8) is 0 Å². The molecule has 0 aromatic heterocycles. The molecule has 98 valence electrons. The molecule has 2 atom stereocenters. The van der Waals surface area contributed by atoms with Gasteiger partial charge in [0.05, 0.1) is 6.04 Å². The summed E-state index contributed by atoms with van der Waals surface area (Å²) in [5.74, 6) is 0.200. The molecule has 2 rings (SSSR count). The predicted molar refractivity (Wildman–Crippen MR) is 67.7 cm³/mol. The fourth-order valence-corrected chi connectivity index (χ4v) is 2.88. The second-order valence-corrected chi connectivity index (χ2v) is 5.19. The first kappa shape index (κ1) is 12.8. The van der Waals surface area contributed by atoms with Crippen LogP contribution in [-0.4, -0.2) is 67.6 Å². The zero-order chi connectivity index (χ0) is 12.3. The van der Waals surface area contributed by atoms with E-state index >= 15 is 0 Å². The Balaban J connectivity index is 2.05. The minimum absolute atomic E-state index is 0.0414. The topological polar surface area (TPSA) is 61.6 Å². The molecule has 2 aliphatic rings. The summed E-state index contributed by atoms with van der Waals surface area (Å²) in [6.07, 6.45) is 3.21. The Morgan fingerprint density at radius 3 is 3.00 bits per heavy atom. The third kappa shape index (κ3) is 2.97. The minimum atomic E-state index is 0.0414. The highest BCUT2D eigenvalue weighted by Crippen LogP contribution is 2.18. The fraction of sp³-hybridized carbons (Fsp3) is 0.917. The van der Waals surface area contributed by atoms with Crippen LogP contribution in [0.3, 0.4) is 0 Å². The lowest BCUT2D eigenvalue weighted by molar-refractivity contribution is -0.128. The third-order valence-corrected chi connectivity index (χ3v) is 3.91. The maximum Gasteiger partial charge on any atom is 0.237 e. The Kier molecular flexibility index (Phi) is 4.36. The lowest BCUT2D eigenvalue weighted by Gasteiger charge is -2.43. The smallest absolute Gasteiger partial charge is 0.237 e. The molecular weight excluding hydrogens is 216 g/mol. The number of nitrogens with one attached hydrogen (secondary N) is 1. The van der Waals surface area contributed by atoms with Gasteiger partial charge in [0, 0.05) is 38.8 Å². The Bertz CT molecular complexity index is 271. The molecule has 0 radical (unpaired) electrons. The van der Waals surface area contributed by atoms with Gasteiger partial charge in [-0.25, -0.2) is 0 Å². The number of carbonyl (C=O) groups excluding carboxylic acids is 1. The van der Waals surface area contributed by atoms with Gasteiger partial charge in [-0.05, 0) is 26.3 Å². The van der Waals surface area contributed by atoms with Crippen LogP contribution >= 0.6 is 0 Å². The number of carbonyl (C=O) groups is 1. The molecule has 0 bridgehead atoms. The Hall–Kier alpha value is -0.650. The molecule has 0 aliphatic carbocycles. The van der Waals surface area contributed by atoms with E-state index in [1.165, 1.54) is 0 Å². The molecule has 3 N–H and O–H groups in total. The molecular formula is C12H24N4O. The summed E-state index contributed by atoms with van der Waals surface area (Å²) in [6.45, 7) is 4.42. The maximum atomic E-state index is 12.0. The highest BCUT2D eigenvalue weighted by molar-refractivity contribution is 5.82. The largest absolute Gasteiger partial charge is 0.355 e. The molecule has 5 nitrogen and oxygen atoms in total. The van der Waals surface area contributed by atoms with Crippen LogP contribution in [0, 0.1) is 0 Å². The van der Waals surface area contributed by atoms with Gasteiger partial charge in [-0.1, -0.05) is 0 Å². The quantitative estimate of drug-likeness (QED) is 0.665. The van der Waals surface area contributed by atoms with Gasteiger partial charge in [0.2, 0.25) is 5.91 Å². The second kappa shape index (κ2) is 5.80. The van der Waals surface area contributed by atoms with Gasteiger partial charge in [-0.2, -0.15) is 0 Å². The number of nitrogens with zero attached hydrogens (tertiary/aromatic N) is 2. The van der Waals surface area contributed by atoms with Crippen molar-refractivity contribution >= 4 is 5.91 Å². The normalized spacial score (nSPS) is 33.2. The van der Waals surface area contributed by atoms with Crippen LogP contribution in [0.2, 0.25) is 0 Å². The van der Waals surface area contributed by atoms with Gasteiger partial charge >= 0.3 is 0 Å². The predicted octanol–water partition coefficient (Wildman–Crippen LogP) is -0.770. The number of nitrogens with two attached hydrogens (primary N) is 1. The van der Waals surface area contributed by atoms with Crippen molar-refractivity contribution in [2.45, 2.75) is 31.3 Å². The third-order valence-electron chi connectivity index (χ3n) is 3.91. The van der Waals surface area contributed by atoms with E-state index in [2.05, 4.69) is 22.2 Å². The molecule has 0 saturated carbocycles. The minimum Gasteiger partial charge on any atom is -0.355 e. The number of rotatable bonds is 2. The van der Waals surface area contributed by atoms with Crippen LogP contribution in [0.1, 0.15) is 19.3 Å². The van der Waals surface area contributed by atoms with E-state index in [4.69, 9.17) is 5.73 Å². The van der Waals surface area contributed by atoms with Crippen molar-refractivity contribution in [2.75, 3.05) is 39.8 Å². The summed E-state index contributed by atoms with van der Waals surface area (Å²) in [5.41, 5.74) is 5.85. The molecule has 0 aromatic carbocycles. The van der Waals surface area contributed by atoms with Gasteiger partial charge in [-0.3, -0.25) is 9.69 Å². The van der Waals surface area contributed by atoms with Gasteiger partial charge in [0.25, 0.3) is 0 Å². The standard InChI is InChI=1S/C12H24N4O/c1-15-6-7-16(10(8-13)9-15)11-4-2-3-5-14-12(11)17/h10-11H,2-9,13H2,1H3,(H,14,17). The Labute approximate surface area is 103 Å². The van der Waals surface area contributed by atoms with Crippen molar-refractivity contribution < 1.29 is 4.79 Å². The van der Waals surface area contributed by atoms with Crippen LogP contribution in [0.4, 0.5) is 0 Å². The van der Waals surface area contributed by atoms with Crippen LogP contribution in [0.25, 0.3) is 0 Å². The van der Waals surface area contributed by atoms with Crippen molar-refractivity contribution in [3.8, 4) is 0 Å². The zero-order valence-electron chi connectivity index (χ0n) is 10.7.